The maximum Gasteiger partial charge on any atom is 0.304 e. The molecule has 6 heterocycles. The topological polar surface area (TPSA) is 224 Å². The van der Waals surface area contributed by atoms with E-state index in [0.29, 0.717) is 92.7 Å². The fraction of sp³-hybridized carbons (Fsp3) is 0.282. The van der Waals surface area contributed by atoms with E-state index in [9.17, 15) is 35.5 Å². The zero-order valence-corrected chi connectivity index (χ0v) is 39.5. The van der Waals surface area contributed by atoms with Gasteiger partial charge in [0.15, 0.2) is 19.8 Å². The first kappa shape index (κ1) is 46.3. The SMILES string of the molecule is CN(CCCNC(=O)c1nn(-c2ccc(Cl)cc2Cl)c2c1CCOc1cc(S(=O)(=O)O)sc1-2)CCCNC(=O)c1nn(-c2ccc(Cl)cc2Cl)c2c1CCOc1cc(S(=O)(=O)O)sc1-2. The average molecular weight is 1030 g/mol. The molecule has 0 unspecified atom stereocenters. The predicted molar refractivity (Wildman–Crippen MR) is 243 cm³/mol. The molecule has 0 spiro atoms. The van der Waals surface area contributed by atoms with Gasteiger partial charge in [-0.1, -0.05) is 46.4 Å². The molecule has 2 amide bonds. The number of aromatic nitrogens is 4. The highest BCUT2D eigenvalue weighted by molar-refractivity contribution is 7.88. The molecular weight excluding hydrogens is 997 g/mol. The van der Waals surface area contributed by atoms with E-state index in [1.807, 2.05) is 7.05 Å². The van der Waals surface area contributed by atoms with Gasteiger partial charge in [0.2, 0.25) is 0 Å². The van der Waals surface area contributed by atoms with E-state index in [4.69, 9.17) is 55.9 Å². The van der Waals surface area contributed by atoms with E-state index in [2.05, 4.69) is 25.7 Å². The Bertz CT molecular complexity index is 2860. The largest absolute Gasteiger partial charge is 0.492 e. The highest BCUT2D eigenvalue weighted by Crippen LogP contribution is 2.47. The van der Waals surface area contributed by atoms with Gasteiger partial charge in [-0.15, -0.1) is 22.7 Å². The number of carbonyl (C=O) groups excluding carboxylic acids is 2. The van der Waals surface area contributed by atoms with Crippen LogP contribution in [0.15, 0.2) is 56.9 Å². The summed E-state index contributed by atoms with van der Waals surface area (Å²) in [5.41, 5.74) is 2.83. The zero-order valence-electron chi connectivity index (χ0n) is 33.2. The normalized spacial score (nSPS) is 13.5. The highest BCUT2D eigenvalue weighted by atomic mass is 35.5. The number of benzene rings is 2. The summed E-state index contributed by atoms with van der Waals surface area (Å²) in [4.78, 5) is 30.2. The van der Waals surface area contributed by atoms with Gasteiger partial charge in [0.05, 0.1) is 55.8 Å². The number of nitrogens with zero attached hydrogens (tertiary/aromatic N) is 5. The molecule has 64 heavy (non-hydrogen) atoms. The molecule has 338 valence electrons. The number of thiophene rings is 2. The molecule has 0 bridgehead atoms. The van der Waals surface area contributed by atoms with Crippen molar-refractivity contribution in [2.75, 3.05) is 46.4 Å². The number of carbonyl (C=O) groups is 2. The number of nitrogens with one attached hydrogen (secondary N) is 2. The van der Waals surface area contributed by atoms with Crippen molar-refractivity contribution < 1.29 is 45.0 Å². The van der Waals surface area contributed by atoms with E-state index >= 15 is 0 Å². The van der Waals surface area contributed by atoms with Gasteiger partial charge in [-0.2, -0.15) is 27.0 Å². The molecule has 8 rings (SSSR count). The van der Waals surface area contributed by atoms with Gasteiger partial charge in [-0.05, 0) is 69.4 Å². The van der Waals surface area contributed by atoms with E-state index < -0.39 is 32.1 Å². The predicted octanol–water partition coefficient (Wildman–Crippen LogP) is 7.36. The molecular formula is C39H35Cl4N7O10S4. The number of fused-ring (bicyclic) bond motifs is 6. The van der Waals surface area contributed by atoms with E-state index in [1.165, 1.54) is 33.6 Å². The second-order valence-electron chi connectivity index (χ2n) is 14.6. The first-order valence-corrected chi connectivity index (χ1v) is 25.3. The second-order valence-corrected chi connectivity index (χ2v) is 21.6. The Morgan fingerprint density at radius 2 is 1.11 bits per heavy atom. The molecule has 0 saturated carbocycles. The molecule has 4 aromatic heterocycles. The molecule has 0 fully saturated rings. The van der Waals surface area contributed by atoms with Crippen LogP contribution in [0.4, 0.5) is 0 Å². The molecule has 2 aromatic carbocycles. The molecule has 0 aliphatic carbocycles. The number of hydrogen-bond acceptors (Lipinski definition) is 13. The lowest BCUT2D eigenvalue weighted by Gasteiger charge is -2.16. The van der Waals surface area contributed by atoms with Crippen molar-refractivity contribution in [3.05, 3.63) is 91.1 Å². The fourth-order valence-electron chi connectivity index (χ4n) is 7.27. The van der Waals surface area contributed by atoms with Crippen molar-refractivity contribution in [2.24, 2.45) is 0 Å². The zero-order chi connectivity index (χ0) is 45.7. The Morgan fingerprint density at radius 1 is 0.703 bits per heavy atom. The molecule has 2 aliphatic rings. The number of hydrogen-bond donors (Lipinski definition) is 4. The van der Waals surface area contributed by atoms with Crippen LogP contribution in [0.5, 0.6) is 11.5 Å². The van der Waals surface area contributed by atoms with Crippen LogP contribution in [0.2, 0.25) is 20.1 Å². The van der Waals surface area contributed by atoms with Crippen LogP contribution in [0, 0.1) is 0 Å². The van der Waals surface area contributed by atoms with Crippen molar-refractivity contribution >= 4 is 101 Å². The van der Waals surface area contributed by atoms with Gasteiger partial charge in [-0.25, -0.2) is 9.36 Å². The summed E-state index contributed by atoms with van der Waals surface area (Å²) in [5.74, 6) is -0.485. The molecule has 4 N–H and O–H groups in total. The lowest BCUT2D eigenvalue weighted by atomic mass is 10.1. The van der Waals surface area contributed by atoms with E-state index in [1.54, 1.807) is 24.3 Å². The van der Waals surface area contributed by atoms with E-state index in [-0.39, 0.29) is 67.4 Å². The maximum atomic E-state index is 13.7. The first-order valence-electron chi connectivity index (χ1n) is 19.3. The van der Waals surface area contributed by atoms with Gasteiger partial charge in [0.1, 0.15) is 11.5 Å². The lowest BCUT2D eigenvalue weighted by Crippen LogP contribution is -2.31. The minimum Gasteiger partial charge on any atom is -0.492 e. The molecule has 6 aromatic rings. The average Bonchev–Trinajstić information content (AvgIpc) is 3.98. The monoisotopic (exact) mass is 1030 g/mol. The third-order valence-corrected chi connectivity index (χ3v) is 16.1. The molecule has 25 heteroatoms. The molecule has 2 aliphatic heterocycles. The maximum absolute atomic E-state index is 13.7. The highest BCUT2D eigenvalue weighted by Gasteiger charge is 2.34. The van der Waals surface area contributed by atoms with Crippen molar-refractivity contribution in [1.82, 2.24) is 35.1 Å². The summed E-state index contributed by atoms with van der Waals surface area (Å²) in [6, 6.07) is 12.0. The third-order valence-electron chi connectivity index (χ3n) is 10.2. The quantitative estimate of drug-likeness (QED) is 0.0619. The number of rotatable bonds is 14. The number of ether oxygens (including phenoxy) is 2. The van der Waals surface area contributed by atoms with E-state index in [0.717, 1.165) is 22.7 Å². The second kappa shape index (κ2) is 18.6. The first-order chi connectivity index (χ1) is 30.4. The summed E-state index contributed by atoms with van der Waals surface area (Å²) >= 11 is 27.1. The standard InChI is InChI=1S/C39H35Cl4N7O10S4/c1-48(12-2-10-44-38(51)32-22-8-14-59-28-18-30(63(53,54)55)61-36(28)34(22)49(46-32)26-6-4-20(40)16-24(26)42)13-3-11-45-39(52)33-23-9-15-60-29-19-31(64(56,57)58)62-37(29)35(23)50(47-33)27-7-5-21(41)17-25(27)43/h4-7,16-19H,2-3,8-15H2,1H3,(H,44,51)(H,45,52)(H,53,54,55)(H,56,57,58). The van der Waals surface area contributed by atoms with Crippen LogP contribution < -0.4 is 20.1 Å². The fourth-order valence-corrected chi connectivity index (χ4v) is 11.9. The Kier molecular flexibility index (Phi) is 13.4. The van der Waals surface area contributed by atoms with Gasteiger partial charge in [0, 0.05) is 59.2 Å². The molecule has 17 nitrogen and oxygen atoms in total. The van der Waals surface area contributed by atoms with Crippen LogP contribution in [-0.4, -0.2) is 109 Å². The van der Waals surface area contributed by atoms with Crippen LogP contribution in [0.3, 0.4) is 0 Å². The van der Waals surface area contributed by atoms with Crippen molar-refractivity contribution in [1.29, 1.82) is 0 Å². The van der Waals surface area contributed by atoms with Crippen molar-refractivity contribution in [3.8, 4) is 44.0 Å². The number of halogens is 4. The van der Waals surface area contributed by atoms with Crippen LogP contribution in [0.1, 0.15) is 44.9 Å². The Balaban J connectivity index is 0.907. The lowest BCUT2D eigenvalue weighted by molar-refractivity contribution is 0.0939. The minimum atomic E-state index is -4.55. The molecule has 0 atom stereocenters. The summed E-state index contributed by atoms with van der Waals surface area (Å²) in [7, 11) is -7.19. The smallest absolute Gasteiger partial charge is 0.304 e. The Morgan fingerprint density at radius 3 is 1.48 bits per heavy atom. The Labute approximate surface area is 394 Å². The van der Waals surface area contributed by atoms with Gasteiger partial charge >= 0.3 is 20.2 Å². The van der Waals surface area contributed by atoms with Crippen LogP contribution in [0.25, 0.3) is 32.5 Å². The summed E-state index contributed by atoms with van der Waals surface area (Å²) in [5, 5.41) is 16.4. The Hall–Kier alpha value is -4.26. The van der Waals surface area contributed by atoms with Crippen molar-refractivity contribution in [3.63, 3.8) is 0 Å². The minimum absolute atomic E-state index is 0.104. The molecule has 0 saturated heterocycles. The summed E-state index contributed by atoms with van der Waals surface area (Å²) in [6.07, 6.45) is 1.68. The van der Waals surface area contributed by atoms with Gasteiger partial charge < -0.3 is 25.0 Å². The van der Waals surface area contributed by atoms with Crippen LogP contribution >= 0.6 is 69.1 Å². The number of amides is 2. The van der Waals surface area contributed by atoms with Crippen molar-refractivity contribution in [2.45, 2.75) is 34.1 Å². The summed E-state index contributed by atoms with van der Waals surface area (Å²) < 4.78 is 81.8. The molecule has 0 radical (unpaired) electrons. The summed E-state index contributed by atoms with van der Waals surface area (Å²) in [6.45, 7) is 2.01. The van der Waals surface area contributed by atoms with Crippen LogP contribution in [-0.2, 0) is 33.1 Å². The van der Waals surface area contributed by atoms with Gasteiger partial charge in [0.25, 0.3) is 11.8 Å². The third kappa shape index (κ3) is 9.52. The van der Waals surface area contributed by atoms with Gasteiger partial charge in [-0.3, -0.25) is 18.7 Å².